The van der Waals surface area contributed by atoms with Crippen molar-refractivity contribution in [2.75, 3.05) is 18.1 Å². The van der Waals surface area contributed by atoms with Gasteiger partial charge in [-0.15, -0.1) is 0 Å². The Bertz CT molecular complexity index is 267. The molecule has 0 aromatic rings. The highest BCUT2D eigenvalue weighted by atomic mass is 32.2. The first-order chi connectivity index (χ1) is 8.13. The zero-order valence-electron chi connectivity index (χ0n) is 10.1. The van der Waals surface area contributed by atoms with Crippen LogP contribution in [0.4, 0.5) is 4.79 Å². The SMILES string of the molecule is CCCC(CNC(=O)NC1CCSC1)C(=O)O. The van der Waals surface area contributed by atoms with Crippen molar-refractivity contribution < 1.29 is 14.7 Å². The van der Waals surface area contributed by atoms with E-state index in [0.717, 1.165) is 24.3 Å². The van der Waals surface area contributed by atoms with Crippen LogP contribution in [0.25, 0.3) is 0 Å². The number of carbonyl (C=O) groups excluding carboxylic acids is 1. The Hall–Kier alpha value is -0.910. The Morgan fingerprint density at radius 3 is 2.82 bits per heavy atom. The third-order valence-corrected chi connectivity index (χ3v) is 3.92. The van der Waals surface area contributed by atoms with Gasteiger partial charge in [-0.05, 0) is 18.6 Å². The third kappa shape index (κ3) is 5.30. The van der Waals surface area contributed by atoms with E-state index in [0.29, 0.717) is 6.42 Å². The zero-order chi connectivity index (χ0) is 12.7. The van der Waals surface area contributed by atoms with E-state index in [4.69, 9.17) is 5.11 Å². The van der Waals surface area contributed by atoms with Gasteiger partial charge in [0.15, 0.2) is 0 Å². The molecule has 0 aliphatic carbocycles. The minimum absolute atomic E-state index is 0.203. The molecule has 1 rings (SSSR count). The lowest BCUT2D eigenvalue weighted by Gasteiger charge is -2.15. The molecule has 1 fully saturated rings. The Morgan fingerprint density at radius 1 is 1.53 bits per heavy atom. The predicted molar refractivity (Wildman–Crippen MR) is 68.3 cm³/mol. The van der Waals surface area contributed by atoms with Gasteiger partial charge in [0.1, 0.15) is 0 Å². The quantitative estimate of drug-likeness (QED) is 0.672. The Balaban J connectivity index is 2.22. The smallest absolute Gasteiger partial charge is 0.315 e. The molecule has 0 bridgehead atoms. The highest BCUT2D eigenvalue weighted by molar-refractivity contribution is 7.99. The molecule has 1 saturated heterocycles. The highest BCUT2D eigenvalue weighted by Gasteiger charge is 2.20. The average molecular weight is 260 g/mol. The van der Waals surface area contributed by atoms with Gasteiger partial charge in [-0.3, -0.25) is 4.79 Å². The van der Waals surface area contributed by atoms with Gasteiger partial charge in [-0.2, -0.15) is 11.8 Å². The summed E-state index contributed by atoms with van der Waals surface area (Å²) in [7, 11) is 0. The molecule has 17 heavy (non-hydrogen) atoms. The number of thioether (sulfide) groups is 1. The van der Waals surface area contributed by atoms with Crippen molar-refractivity contribution in [2.24, 2.45) is 5.92 Å². The van der Waals surface area contributed by atoms with Crippen LogP contribution in [0.2, 0.25) is 0 Å². The lowest BCUT2D eigenvalue weighted by molar-refractivity contribution is -0.141. The molecule has 0 radical (unpaired) electrons. The van der Waals surface area contributed by atoms with Crippen molar-refractivity contribution in [2.45, 2.75) is 32.2 Å². The standard InChI is InChI=1S/C11H20N2O3S/c1-2-3-8(10(14)15)6-12-11(16)13-9-4-5-17-7-9/h8-9H,2-7H2,1H3,(H,14,15)(H2,12,13,16). The number of nitrogens with one attached hydrogen (secondary N) is 2. The van der Waals surface area contributed by atoms with E-state index < -0.39 is 11.9 Å². The van der Waals surface area contributed by atoms with Crippen LogP contribution >= 0.6 is 11.8 Å². The molecule has 1 heterocycles. The van der Waals surface area contributed by atoms with Crippen LogP contribution < -0.4 is 10.6 Å². The summed E-state index contributed by atoms with van der Waals surface area (Å²) in [5.74, 6) is 0.704. The van der Waals surface area contributed by atoms with Crippen molar-refractivity contribution in [3.8, 4) is 0 Å². The molecule has 2 amide bonds. The van der Waals surface area contributed by atoms with E-state index in [-0.39, 0.29) is 18.6 Å². The van der Waals surface area contributed by atoms with Gasteiger partial charge >= 0.3 is 12.0 Å². The van der Waals surface area contributed by atoms with Crippen LogP contribution in [0.15, 0.2) is 0 Å². The molecule has 0 spiro atoms. The van der Waals surface area contributed by atoms with E-state index in [1.54, 1.807) is 0 Å². The summed E-state index contributed by atoms with van der Waals surface area (Å²) >= 11 is 1.82. The number of urea groups is 1. The first kappa shape index (κ1) is 14.2. The van der Waals surface area contributed by atoms with Gasteiger partial charge in [0.2, 0.25) is 0 Å². The summed E-state index contributed by atoms with van der Waals surface area (Å²) in [6.07, 6.45) is 2.39. The van der Waals surface area contributed by atoms with Gasteiger partial charge in [-0.1, -0.05) is 13.3 Å². The van der Waals surface area contributed by atoms with Gasteiger partial charge in [0, 0.05) is 18.3 Å². The number of carbonyl (C=O) groups is 2. The largest absolute Gasteiger partial charge is 0.481 e. The zero-order valence-corrected chi connectivity index (χ0v) is 10.9. The number of carboxylic acid groups (broad SMARTS) is 1. The van der Waals surface area contributed by atoms with E-state index in [2.05, 4.69) is 10.6 Å². The normalized spacial score (nSPS) is 20.9. The third-order valence-electron chi connectivity index (χ3n) is 2.76. The molecule has 1 aliphatic heterocycles. The fourth-order valence-corrected chi connectivity index (χ4v) is 2.91. The van der Waals surface area contributed by atoms with Crippen molar-refractivity contribution >= 4 is 23.8 Å². The maximum Gasteiger partial charge on any atom is 0.315 e. The molecule has 0 aromatic carbocycles. The van der Waals surface area contributed by atoms with Gasteiger partial charge in [0.05, 0.1) is 5.92 Å². The number of hydrogen-bond acceptors (Lipinski definition) is 3. The Kier molecular flexibility index (Phi) is 6.18. The van der Waals surface area contributed by atoms with Crippen molar-refractivity contribution in [1.29, 1.82) is 0 Å². The molecule has 3 N–H and O–H groups in total. The molecule has 6 heteroatoms. The lowest BCUT2D eigenvalue weighted by atomic mass is 10.0. The second-order valence-corrected chi connectivity index (χ2v) is 5.39. The Labute approximate surface area is 106 Å². The van der Waals surface area contributed by atoms with Crippen molar-refractivity contribution in [3.05, 3.63) is 0 Å². The molecule has 2 atom stereocenters. The number of hydrogen-bond donors (Lipinski definition) is 3. The summed E-state index contributed by atoms with van der Waals surface area (Å²) in [5.41, 5.74) is 0. The molecular weight excluding hydrogens is 240 g/mol. The minimum atomic E-state index is -0.844. The van der Waals surface area contributed by atoms with Crippen LogP contribution in [0, 0.1) is 5.92 Å². The summed E-state index contributed by atoms with van der Waals surface area (Å²) in [6, 6.07) is -0.0192. The molecule has 5 nitrogen and oxygen atoms in total. The summed E-state index contributed by atoms with van der Waals surface area (Å²) in [4.78, 5) is 22.4. The fourth-order valence-electron chi connectivity index (χ4n) is 1.76. The number of rotatable bonds is 6. The topological polar surface area (TPSA) is 78.4 Å². The van der Waals surface area contributed by atoms with Crippen LogP contribution in [0.5, 0.6) is 0 Å². The van der Waals surface area contributed by atoms with E-state index >= 15 is 0 Å². The van der Waals surface area contributed by atoms with E-state index in [1.165, 1.54) is 0 Å². The van der Waals surface area contributed by atoms with Gasteiger partial charge < -0.3 is 15.7 Å². The number of amides is 2. The second kappa shape index (κ2) is 7.42. The molecular formula is C11H20N2O3S. The summed E-state index contributed by atoms with van der Waals surface area (Å²) in [5, 5.41) is 14.4. The molecule has 0 saturated carbocycles. The van der Waals surface area contributed by atoms with E-state index in [9.17, 15) is 9.59 Å². The van der Waals surface area contributed by atoms with Crippen LogP contribution in [-0.4, -0.2) is 41.2 Å². The van der Waals surface area contributed by atoms with Crippen LogP contribution in [-0.2, 0) is 4.79 Å². The maximum atomic E-state index is 11.5. The average Bonchev–Trinajstić information content (AvgIpc) is 2.76. The minimum Gasteiger partial charge on any atom is -0.481 e. The first-order valence-corrected chi connectivity index (χ1v) is 7.13. The van der Waals surface area contributed by atoms with Gasteiger partial charge in [-0.25, -0.2) is 4.79 Å². The first-order valence-electron chi connectivity index (χ1n) is 5.98. The highest BCUT2D eigenvalue weighted by Crippen LogP contribution is 2.16. The maximum absolute atomic E-state index is 11.5. The van der Waals surface area contributed by atoms with Crippen molar-refractivity contribution in [1.82, 2.24) is 10.6 Å². The lowest BCUT2D eigenvalue weighted by Crippen LogP contribution is -2.44. The predicted octanol–water partition coefficient (Wildman–Crippen LogP) is 1.29. The summed E-state index contributed by atoms with van der Waals surface area (Å²) in [6.45, 7) is 2.14. The van der Waals surface area contributed by atoms with Crippen LogP contribution in [0.1, 0.15) is 26.2 Å². The molecule has 2 unspecified atom stereocenters. The summed E-state index contributed by atoms with van der Waals surface area (Å²) < 4.78 is 0. The van der Waals surface area contributed by atoms with Gasteiger partial charge in [0.25, 0.3) is 0 Å². The molecule has 0 aromatic heterocycles. The monoisotopic (exact) mass is 260 g/mol. The second-order valence-electron chi connectivity index (χ2n) is 4.24. The van der Waals surface area contributed by atoms with Crippen LogP contribution in [0.3, 0.4) is 0 Å². The molecule has 98 valence electrons. The van der Waals surface area contributed by atoms with Crippen molar-refractivity contribution in [3.63, 3.8) is 0 Å². The molecule has 1 aliphatic rings. The number of carboxylic acids is 1. The Morgan fingerprint density at radius 2 is 2.29 bits per heavy atom. The van der Waals surface area contributed by atoms with E-state index in [1.807, 2.05) is 18.7 Å². The fraction of sp³-hybridized carbons (Fsp3) is 0.818. The number of aliphatic carboxylic acids is 1.